The minimum absolute atomic E-state index is 0.0334. The highest BCUT2D eigenvalue weighted by Crippen LogP contribution is 2.29. The molecule has 1 aliphatic heterocycles. The van der Waals surface area contributed by atoms with Gasteiger partial charge in [0.1, 0.15) is 0 Å². The first-order chi connectivity index (χ1) is 22.9. The number of para-hydroxylation sites is 1. The van der Waals surface area contributed by atoms with Gasteiger partial charge in [-0.25, -0.2) is 9.59 Å². The van der Waals surface area contributed by atoms with E-state index in [-0.39, 0.29) is 24.5 Å². The molecule has 0 aromatic heterocycles. The quantitative estimate of drug-likeness (QED) is 0.228. The Hall–Kier alpha value is -4.95. The molecular formula is C34H38F3N5O6. The monoisotopic (exact) mass is 669 g/mol. The van der Waals surface area contributed by atoms with Crippen LogP contribution < -0.4 is 16.0 Å². The van der Waals surface area contributed by atoms with E-state index >= 15 is 0 Å². The Labute approximate surface area is 275 Å². The molecule has 1 saturated heterocycles. The highest BCUT2D eigenvalue weighted by Gasteiger charge is 2.38. The number of aliphatic hydroxyl groups is 1. The first-order valence-electron chi connectivity index (χ1n) is 15.4. The van der Waals surface area contributed by atoms with Gasteiger partial charge in [-0.05, 0) is 66.9 Å². The highest BCUT2D eigenvalue weighted by atomic mass is 19.4. The number of carboxylic acid groups (broad SMARTS) is 1. The number of nitrogens with zero attached hydrogens (tertiary/aromatic N) is 2. The molecule has 1 saturated carbocycles. The van der Waals surface area contributed by atoms with Crippen LogP contribution in [-0.2, 0) is 11.3 Å². The number of halogens is 3. The zero-order valence-corrected chi connectivity index (χ0v) is 26.1. The van der Waals surface area contributed by atoms with E-state index in [9.17, 15) is 32.7 Å². The molecule has 1 aliphatic carbocycles. The van der Waals surface area contributed by atoms with Crippen molar-refractivity contribution in [3.05, 3.63) is 95.6 Å². The molecule has 0 radical (unpaired) electrons. The average Bonchev–Trinajstić information content (AvgIpc) is 3.54. The number of piperazine rings is 1. The Balaban J connectivity index is 0.000000671. The predicted molar refractivity (Wildman–Crippen MR) is 173 cm³/mol. The fourth-order valence-corrected chi connectivity index (χ4v) is 5.56. The Morgan fingerprint density at radius 3 is 1.92 bits per heavy atom. The summed E-state index contributed by atoms with van der Waals surface area (Å²) in [4.78, 5) is 51.3. The van der Waals surface area contributed by atoms with Crippen LogP contribution in [0.3, 0.4) is 0 Å². The van der Waals surface area contributed by atoms with Crippen LogP contribution in [0.2, 0.25) is 0 Å². The van der Waals surface area contributed by atoms with Crippen molar-refractivity contribution in [1.29, 1.82) is 0 Å². The number of hydrogen-bond donors (Lipinski definition) is 5. The zero-order chi connectivity index (χ0) is 34.7. The number of benzene rings is 3. The predicted octanol–water partition coefficient (Wildman–Crippen LogP) is 4.96. The third-order valence-corrected chi connectivity index (χ3v) is 8.16. The molecule has 0 unspecified atom stereocenters. The smallest absolute Gasteiger partial charge is 0.475 e. The first kappa shape index (κ1) is 35.9. The standard InChI is InChI=1S/C32H37N5O4.C2HF3O2/c38-23-32(15-4-5-16-32)35-29(39)26-8-6-7-24(21-26)22-36-17-19-37(20-18-36)30(40)25-11-13-28(14-12-25)34-31(41)33-27-9-2-1-3-10-27;3-2(4,5)1(6)7/h1-3,6-14,21,38H,4-5,15-20,22-23H2,(H,35,39)(H2,33,34,41);(H,6,7). The lowest BCUT2D eigenvalue weighted by Crippen LogP contribution is -2.49. The van der Waals surface area contributed by atoms with Crippen molar-refractivity contribution in [2.24, 2.45) is 0 Å². The van der Waals surface area contributed by atoms with Gasteiger partial charge in [0.2, 0.25) is 0 Å². The molecule has 0 atom stereocenters. The minimum Gasteiger partial charge on any atom is -0.475 e. The van der Waals surface area contributed by atoms with Crippen LogP contribution in [-0.4, -0.2) is 88.3 Å². The third-order valence-electron chi connectivity index (χ3n) is 8.16. The molecule has 4 amide bonds. The van der Waals surface area contributed by atoms with Crippen molar-refractivity contribution < 1.29 is 42.6 Å². The molecule has 14 heteroatoms. The van der Waals surface area contributed by atoms with Crippen LogP contribution >= 0.6 is 0 Å². The van der Waals surface area contributed by atoms with E-state index in [1.165, 1.54) is 0 Å². The normalized spacial score (nSPS) is 15.9. The molecule has 5 N–H and O–H groups in total. The molecule has 11 nitrogen and oxygen atoms in total. The SMILES string of the molecule is O=C(Nc1ccccc1)Nc1ccc(C(=O)N2CCN(Cc3cccc(C(=O)NC4(CO)CCCC4)c3)CC2)cc1.O=C(O)C(F)(F)F. The van der Waals surface area contributed by atoms with E-state index in [2.05, 4.69) is 20.9 Å². The third kappa shape index (κ3) is 10.3. The van der Waals surface area contributed by atoms with Crippen LogP contribution in [0.15, 0.2) is 78.9 Å². The van der Waals surface area contributed by atoms with Crippen molar-refractivity contribution >= 4 is 35.2 Å². The first-order valence-corrected chi connectivity index (χ1v) is 15.4. The summed E-state index contributed by atoms with van der Waals surface area (Å²) in [7, 11) is 0. The topological polar surface area (TPSA) is 151 Å². The number of carboxylic acids is 1. The van der Waals surface area contributed by atoms with Gasteiger partial charge in [0.15, 0.2) is 0 Å². The molecule has 3 aromatic carbocycles. The molecule has 2 aliphatic rings. The van der Waals surface area contributed by atoms with Crippen molar-refractivity contribution in [3.63, 3.8) is 0 Å². The lowest BCUT2D eigenvalue weighted by molar-refractivity contribution is -0.192. The summed E-state index contributed by atoms with van der Waals surface area (Å²) >= 11 is 0. The van der Waals surface area contributed by atoms with Gasteiger partial charge in [0.25, 0.3) is 11.8 Å². The number of alkyl halides is 3. The van der Waals surface area contributed by atoms with Gasteiger partial charge >= 0.3 is 18.2 Å². The van der Waals surface area contributed by atoms with Crippen LogP contribution in [0.1, 0.15) is 52.0 Å². The van der Waals surface area contributed by atoms with Gasteiger partial charge in [0, 0.05) is 55.2 Å². The Morgan fingerprint density at radius 2 is 1.35 bits per heavy atom. The number of aliphatic hydroxyl groups excluding tert-OH is 1. The highest BCUT2D eigenvalue weighted by molar-refractivity contribution is 6.00. The van der Waals surface area contributed by atoms with Crippen LogP contribution in [0.5, 0.6) is 0 Å². The number of urea groups is 1. The number of nitrogens with one attached hydrogen (secondary N) is 3. The summed E-state index contributed by atoms with van der Waals surface area (Å²) in [6.45, 7) is 3.34. The maximum Gasteiger partial charge on any atom is 0.490 e. The zero-order valence-electron chi connectivity index (χ0n) is 26.1. The lowest BCUT2D eigenvalue weighted by Gasteiger charge is -2.35. The molecule has 48 heavy (non-hydrogen) atoms. The van der Waals surface area contributed by atoms with Crippen LogP contribution in [0.4, 0.5) is 29.3 Å². The minimum atomic E-state index is -5.08. The molecule has 5 rings (SSSR count). The Morgan fingerprint density at radius 1 is 0.771 bits per heavy atom. The fourth-order valence-electron chi connectivity index (χ4n) is 5.56. The van der Waals surface area contributed by atoms with E-state index in [0.29, 0.717) is 42.1 Å². The summed E-state index contributed by atoms with van der Waals surface area (Å²) in [5.74, 6) is -2.93. The van der Waals surface area contributed by atoms with E-state index < -0.39 is 17.7 Å². The molecular weight excluding hydrogens is 631 g/mol. The van der Waals surface area contributed by atoms with Crippen molar-refractivity contribution in [1.82, 2.24) is 15.1 Å². The van der Waals surface area contributed by atoms with Gasteiger partial charge in [-0.15, -0.1) is 0 Å². The summed E-state index contributed by atoms with van der Waals surface area (Å²) < 4.78 is 31.7. The fraction of sp³-hybridized carbons (Fsp3) is 0.353. The second-order valence-electron chi connectivity index (χ2n) is 11.7. The van der Waals surface area contributed by atoms with E-state index in [4.69, 9.17) is 9.90 Å². The van der Waals surface area contributed by atoms with E-state index in [1.807, 2.05) is 59.5 Å². The van der Waals surface area contributed by atoms with E-state index in [1.54, 1.807) is 24.3 Å². The van der Waals surface area contributed by atoms with Gasteiger partial charge in [-0.1, -0.05) is 43.2 Å². The Kier molecular flexibility index (Phi) is 12.1. The summed E-state index contributed by atoms with van der Waals surface area (Å²) in [5, 5.41) is 25.6. The average molecular weight is 670 g/mol. The Bertz CT molecular complexity index is 1560. The number of anilines is 2. The number of carbonyl (C=O) groups is 4. The van der Waals surface area contributed by atoms with Crippen LogP contribution in [0.25, 0.3) is 0 Å². The number of aliphatic carboxylic acids is 1. The molecule has 3 aromatic rings. The van der Waals surface area contributed by atoms with Crippen LogP contribution in [0, 0.1) is 0 Å². The molecule has 2 fully saturated rings. The van der Waals surface area contributed by atoms with Crippen molar-refractivity contribution in [2.45, 2.75) is 43.9 Å². The van der Waals surface area contributed by atoms with Gasteiger partial charge in [-0.3, -0.25) is 14.5 Å². The summed E-state index contributed by atoms with van der Waals surface area (Å²) in [6.07, 6.45) is -1.42. The van der Waals surface area contributed by atoms with Gasteiger partial charge < -0.3 is 31.1 Å². The van der Waals surface area contributed by atoms with Crippen molar-refractivity contribution in [3.8, 4) is 0 Å². The van der Waals surface area contributed by atoms with Gasteiger partial charge in [0.05, 0.1) is 12.1 Å². The lowest BCUT2D eigenvalue weighted by atomic mass is 9.98. The molecule has 256 valence electrons. The number of carbonyl (C=O) groups excluding carboxylic acids is 3. The maximum atomic E-state index is 13.1. The molecule has 1 heterocycles. The molecule has 0 spiro atoms. The number of amides is 4. The summed E-state index contributed by atoms with van der Waals surface area (Å²) in [6, 6.07) is 23.4. The maximum absolute atomic E-state index is 13.1. The largest absolute Gasteiger partial charge is 0.490 e. The second-order valence-corrected chi connectivity index (χ2v) is 11.7. The summed E-state index contributed by atoms with van der Waals surface area (Å²) in [5.41, 5.74) is 3.03. The second kappa shape index (κ2) is 16.2. The van der Waals surface area contributed by atoms with E-state index in [0.717, 1.165) is 44.3 Å². The number of rotatable bonds is 8. The molecule has 0 bridgehead atoms. The van der Waals surface area contributed by atoms with Crippen molar-refractivity contribution in [2.75, 3.05) is 43.4 Å². The number of hydrogen-bond acceptors (Lipinski definition) is 6. The van der Waals surface area contributed by atoms with Gasteiger partial charge in [-0.2, -0.15) is 13.2 Å².